The van der Waals surface area contributed by atoms with Gasteiger partial charge in [0.15, 0.2) is 0 Å². The molecule has 0 aliphatic carbocycles. The average molecular weight is 270 g/mol. The molecule has 4 nitrogen and oxygen atoms in total. The minimum absolute atomic E-state index is 0.370. The highest BCUT2D eigenvalue weighted by Gasteiger charge is 2.10. The Morgan fingerprint density at radius 1 is 1.39 bits per heavy atom. The van der Waals surface area contributed by atoms with Crippen LogP contribution in [0.1, 0.15) is 18.1 Å². The Kier molecular flexibility index (Phi) is 5.16. The Morgan fingerprint density at radius 2 is 2.06 bits per heavy atom. The topological polar surface area (TPSA) is 55.4 Å². The highest BCUT2D eigenvalue weighted by Crippen LogP contribution is 2.27. The summed E-state index contributed by atoms with van der Waals surface area (Å²) in [6.45, 7) is 3.51. The van der Waals surface area contributed by atoms with Crippen LogP contribution >= 0.6 is 11.6 Å². The van der Waals surface area contributed by atoms with E-state index in [1.54, 1.807) is 13.2 Å². The molecule has 98 valence electrons. The lowest BCUT2D eigenvalue weighted by Gasteiger charge is -2.12. The summed E-state index contributed by atoms with van der Waals surface area (Å²) in [7, 11) is 1.59. The maximum Gasteiger partial charge on any atom is 0.287 e. The highest BCUT2D eigenvalue weighted by atomic mass is 35.5. The summed E-state index contributed by atoms with van der Waals surface area (Å²) in [6, 6.07) is 3.62. The van der Waals surface area contributed by atoms with Gasteiger partial charge in [0.1, 0.15) is 5.75 Å². The first-order chi connectivity index (χ1) is 8.45. The molecule has 0 unspecified atom stereocenters. The molecule has 1 amide bonds. The number of methoxy groups -OCH3 is 1. The third-order valence-corrected chi connectivity index (χ3v) is 2.74. The number of benzene rings is 1. The molecule has 0 aliphatic heterocycles. The summed E-state index contributed by atoms with van der Waals surface area (Å²) in [5.41, 5.74) is 1.85. The van der Waals surface area contributed by atoms with Crippen LogP contribution in [0.4, 0.5) is 0 Å². The number of amides is 1. The third kappa shape index (κ3) is 3.74. The largest absolute Gasteiger partial charge is 0.496 e. The number of rotatable bonds is 5. The van der Waals surface area contributed by atoms with Crippen molar-refractivity contribution in [3.8, 4) is 5.75 Å². The van der Waals surface area contributed by atoms with Gasteiger partial charge in [0.25, 0.3) is 5.91 Å². The van der Waals surface area contributed by atoms with Crippen molar-refractivity contribution in [1.29, 1.82) is 0 Å². The van der Waals surface area contributed by atoms with Crippen LogP contribution in [0.3, 0.4) is 0 Å². The van der Waals surface area contributed by atoms with Gasteiger partial charge in [-0.2, -0.15) is 0 Å². The molecular formula is C13H16ClNO3. The predicted molar refractivity (Wildman–Crippen MR) is 70.1 cm³/mol. The van der Waals surface area contributed by atoms with Crippen molar-refractivity contribution in [3.63, 3.8) is 0 Å². The Bertz CT molecular complexity index is 472. The number of nitrogens with one attached hydrogen (secondary N) is 1. The molecule has 1 aromatic rings. The van der Waals surface area contributed by atoms with Crippen LogP contribution in [-0.2, 0) is 16.0 Å². The van der Waals surface area contributed by atoms with E-state index in [-0.39, 0.29) is 0 Å². The fraction of sp³-hybridized carbons (Fsp3) is 0.385. The van der Waals surface area contributed by atoms with Crippen LogP contribution in [0.2, 0.25) is 5.02 Å². The number of carbonyl (C=O) groups excluding carboxylic acids is 2. The Balaban J connectivity index is 2.72. The van der Waals surface area contributed by atoms with Gasteiger partial charge < -0.3 is 10.1 Å². The van der Waals surface area contributed by atoms with Gasteiger partial charge in [-0.25, -0.2) is 0 Å². The van der Waals surface area contributed by atoms with Crippen molar-refractivity contribution < 1.29 is 14.3 Å². The van der Waals surface area contributed by atoms with E-state index in [4.69, 9.17) is 16.3 Å². The summed E-state index contributed by atoms with van der Waals surface area (Å²) in [5.74, 6) is -0.312. The van der Waals surface area contributed by atoms with E-state index in [0.29, 0.717) is 18.0 Å². The molecule has 0 atom stereocenters. The number of ether oxygens (including phenoxy) is 1. The third-order valence-electron chi connectivity index (χ3n) is 2.52. The SMILES string of the molecule is COc1c(C)cc(Cl)cc1CCNC(=O)C(C)=O. The summed E-state index contributed by atoms with van der Waals surface area (Å²) < 4.78 is 5.30. The minimum atomic E-state index is -0.576. The van der Waals surface area contributed by atoms with Gasteiger partial charge in [0.05, 0.1) is 7.11 Å². The van der Waals surface area contributed by atoms with Crippen LogP contribution in [-0.4, -0.2) is 25.3 Å². The van der Waals surface area contributed by atoms with Crippen molar-refractivity contribution in [2.45, 2.75) is 20.3 Å². The first-order valence-corrected chi connectivity index (χ1v) is 5.95. The minimum Gasteiger partial charge on any atom is -0.496 e. The van der Waals surface area contributed by atoms with E-state index in [0.717, 1.165) is 16.9 Å². The lowest BCUT2D eigenvalue weighted by atomic mass is 10.1. The number of hydrogen-bond acceptors (Lipinski definition) is 3. The molecule has 0 heterocycles. The van der Waals surface area contributed by atoms with Gasteiger partial charge in [-0.15, -0.1) is 0 Å². The summed E-state index contributed by atoms with van der Waals surface area (Å²) >= 11 is 5.97. The summed E-state index contributed by atoms with van der Waals surface area (Å²) in [6.07, 6.45) is 0.559. The van der Waals surface area contributed by atoms with Crippen LogP contribution in [0, 0.1) is 6.92 Å². The normalized spacial score (nSPS) is 10.0. The van der Waals surface area contributed by atoms with Crippen LogP contribution in [0.15, 0.2) is 12.1 Å². The second kappa shape index (κ2) is 6.40. The van der Waals surface area contributed by atoms with Gasteiger partial charge >= 0.3 is 0 Å². The van der Waals surface area contributed by atoms with E-state index in [2.05, 4.69) is 5.32 Å². The average Bonchev–Trinajstić information content (AvgIpc) is 2.28. The standard InChI is InChI=1S/C13H16ClNO3/c1-8-6-11(14)7-10(12(8)18-3)4-5-15-13(17)9(2)16/h6-7H,4-5H2,1-3H3,(H,15,17). The molecule has 0 aliphatic rings. The highest BCUT2D eigenvalue weighted by molar-refractivity contribution is 6.35. The van der Waals surface area contributed by atoms with Gasteiger partial charge in [-0.05, 0) is 36.6 Å². The van der Waals surface area contributed by atoms with E-state index in [1.165, 1.54) is 6.92 Å². The van der Waals surface area contributed by atoms with Crippen LogP contribution in [0.5, 0.6) is 5.75 Å². The smallest absolute Gasteiger partial charge is 0.287 e. The molecule has 1 aromatic carbocycles. The van der Waals surface area contributed by atoms with E-state index >= 15 is 0 Å². The molecular weight excluding hydrogens is 254 g/mol. The zero-order valence-corrected chi connectivity index (χ0v) is 11.4. The molecule has 0 fully saturated rings. The quantitative estimate of drug-likeness (QED) is 0.831. The van der Waals surface area contributed by atoms with Crippen LogP contribution < -0.4 is 10.1 Å². The molecule has 0 bridgehead atoms. The number of halogens is 1. The monoisotopic (exact) mass is 269 g/mol. The van der Waals surface area contributed by atoms with Gasteiger partial charge in [-0.3, -0.25) is 9.59 Å². The van der Waals surface area contributed by atoms with Crippen molar-refractivity contribution in [2.24, 2.45) is 0 Å². The molecule has 0 radical (unpaired) electrons. The molecule has 0 spiro atoms. The van der Waals surface area contributed by atoms with E-state index in [9.17, 15) is 9.59 Å². The van der Waals surface area contributed by atoms with Crippen molar-refractivity contribution >= 4 is 23.3 Å². The lowest BCUT2D eigenvalue weighted by molar-refractivity contribution is -0.136. The maximum absolute atomic E-state index is 11.1. The van der Waals surface area contributed by atoms with Crippen molar-refractivity contribution in [3.05, 3.63) is 28.3 Å². The maximum atomic E-state index is 11.1. The number of ketones is 1. The first-order valence-electron chi connectivity index (χ1n) is 5.57. The fourth-order valence-electron chi connectivity index (χ4n) is 1.71. The number of Topliss-reactive ketones (excluding diaryl/α,β-unsaturated/α-hetero) is 1. The molecule has 0 saturated heterocycles. The first kappa shape index (κ1) is 14.5. The van der Waals surface area contributed by atoms with Crippen molar-refractivity contribution in [2.75, 3.05) is 13.7 Å². The van der Waals surface area contributed by atoms with Crippen molar-refractivity contribution in [1.82, 2.24) is 5.32 Å². The Labute approximate surface area is 111 Å². The van der Waals surface area contributed by atoms with Crippen LogP contribution in [0.25, 0.3) is 0 Å². The zero-order valence-electron chi connectivity index (χ0n) is 10.7. The summed E-state index contributed by atoms with van der Waals surface area (Å²) in [4.78, 5) is 21.9. The Hall–Kier alpha value is -1.55. The second-order valence-corrected chi connectivity index (χ2v) is 4.41. The number of hydrogen-bond donors (Lipinski definition) is 1. The van der Waals surface area contributed by atoms with E-state index in [1.807, 2.05) is 13.0 Å². The Morgan fingerprint density at radius 3 is 2.61 bits per heavy atom. The van der Waals surface area contributed by atoms with Gasteiger partial charge in [0.2, 0.25) is 5.78 Å². The number of carbonyl (C=O) groups is 2. The van der Waals surface area contributed by atoms with E-state index < -0.39 is 11.7 Å². The predicted octanol–water partition coefficient (Wildman–Crippen LogP) is 1.90. The second-order valence-electron chi connectivity index (χ2n) is 3.98. The molecule has 0 aromatic heterocycles. The summed E-state index contributed by atoms with van der Waals surface area (Å²) in [5, 5.41) is 3.16. The molecule has 1 rings (SSSR count). The molecule has 18 heavy (non-hydrogen) atoms. The lowest BCUT2D eigenvalue weighted by Crippen LogP contribution is -2.30. The zero-order chi connectivity index (χ0) is 13.7. The fourth-order valence-corrected chi connectivity index (χ4v) is 2.01. The van der Waals surface area contributed by atoms with Gasteiger partial charge in [0, 0.05) is 18.5 Å². The molecule has 5 heteroatoms. The molecule has 1 N–H and O–H groups in total. The van der Waals surface area contributed by atoms with Gasteiger partial charge in [-0.1, -0.05) is 11.6 Å². The number of aryl methyl sites for hydroxylation is 1. The molecule has 0 saturated carbocycles.